The molecular formula is C17H26N2O. The van der Waals surface area contributed by atoms with Gasteiger partial charge in [-0.15, -0.1) is 0 Å². The first-order valence-electron chi connectivity index (χ1n) is 7.71. The van der Waals surface area contributed by atoms with E-state index in [1.54, 1.807) is 0 Å². The van der Waals surface area contributed by atoms with Crippen LogP contribution >= 0.6 is 0 Å². The summed E-state index contributed by atoms with van der Waals surface area (Å²) in [5, 5.41) is 3.19. The fraction of sp³-hybridized carbons (Fsp3) is 0.588. The molecule has 2 rings (SSSR count). The molecule has 3 nitrogen and oxygen atoms in total. The second kappa shape index (κ2) is 6.40. The van der Waals surface area contributed by atoms with Gasteiger partial charge in [-0.05, 0) is 37.2 Å². The maximum atomic E-state index is 12.4. The van der Waals surface area contributed by atoms with Crippen LogP contribution in [-0.2, 0) is 4.79 Å². The summed E-state index contributed by atoms with van der Waals surface area (Å²) < 4.78 is 0. The molecule has 3 heteroatoms. The number of amides is 1. The van der Waals surface area contributed by atoms with Crippen molar-refractivity contribution < 1.29 is 4.79 Å². The predicted molar refractivity (Wildman–Crippen MR) is 82.4 cm³/mol. The van der Waals surface area contributed by atoms with Crippen LogP contribution in [-0.4, -0.2) is 18.5 Å². The molecule has 1 aromatic carbocycles. The summed E-state index contributed by atoms with van der Waals surface area (Å²) in [6, 6.07) is 10.9. The summed E-state index contributed by atoms with van der Waals surface area (Å²) in [5.41, 5.74) is 6.83. The Kier molecular flexibility index (Phi) is 4.81. The van der Waals surface area contributed by atoms with Crippen molar-refractivity contribution in [3.63, 3.8) is 0 Å². The first kappa shape index (κ1) is 15.0. The van der Waals surface area contributed by atoms with Crippen LogP contribution in [0.25, 0.3) is 0 Å². The van der Waals surface area contributed by atoms with Crippen molar-refractivity contribution in [1.29, 1.82) is 0 Å². The molecule has 20 heavy (non-hydrogen) atoms. The number of hydrogen-bond acceptors (Lipinski definition) is 2. The number of benzene rings is 1. The quantitative estimate of drug-likeness (QED) is 0.838. The van der Waals surface area contributed by atoms with Crippen molar-refractivity contribution in [1.82, 2.24) is 5.32 Å². The van der Waals surface area contributed by atoms with Crippen LogP contribution in [0.3, 0.4) is 0 Å². The Bertz CT molecular complexity index is 425. The summed E-state index contributed by atoms with van der Waals surface area (Å²) in [6.45, 7) is 4.52. The van der Waals surface area contributed by atoms with Gasteiger partial charge in [0.15, 0.2) is 0 Å². The Morgan fingerprint density at radius 3 is 2.35 bits per heavy atom. The third-order valence-electron chi connectivity index (χ3n) is 4.97. The Morgan fingerprint density at radius 1 is 1.25 bits per heavy atom. The van der Waals surface area contributed by atoms with Gasteiger partial charge >= 0.3 is 0 Å². The molecule has 3 N–H and O–H groups in total. The lowest BCUT2D eigenvalue weighted by molar-refractivity contribution is -0.132. The number of rotatable bonds is 6. The van der Waals surface area contributed by atoms with Crippen molar-refractivity contribution in [3.05, 3.63) is 35.9 Å². The van der Waals surface area contributed by atoms with Gasteiger partial charge in [-0.25, -0.2) is 0 Å². The highest BCUT2D eigenvalue weighted by Crippen LogP contribution is 2.37. The van der Waals surface area contributed by atoms with Crippen molar-refractivity contribution in [2.24, 2.45) is 11.1 Å². The Hall–Kier alpha value is -1.35. The largest absolute Gasteiger partial charge is 0.353 e. The summed E-state index contributed by atoms with van der Waals surface area (Å²) in [4.78, 5) is 12.4. The second-order valence-corrected chi connectivity index (χ2v) is 5.94. The number of carbonyl (C=O) groups is 1. The van der Waals surface area contributed by atoms with E-state index in [4.69, 9.17) is 5.73 Å². The monoisotopic (exact) mass is 274 g/mol. The van der Waals surface area contributed by atoms with Gasteiger partial charge in [0.2, 0.25) is 5.91 Å². The summed E-state index contributed by atoms with van der Waals surface area (Å²) in [6.07, 6.45) is 3.70. The lowest BCUT2D eigenvalue weighted by Gasteiger charge is -2.39. The molecule has 1 aromatic rings. The van der Waals surface area contributed by atoms with E-state index >= 15 is 0 Å². The maximum Gasteiger partial charge on any atom is 0.227 e. The van der Waals surface area contributed by atoms with Gasteiger partial charge in [-0.2, -0.15) is 0 Å². The van der Waals surface area contributed by atoms with Crippen LogP contribution < -0.4 is 11.1 Å². The normalized spacial score (nSPS) is 22.1. The van der Waals surface area contributed by atoms with Gasteiger partial charge in [0.1, 0.15) is 0 Å². The summed E-state index contributed by atoms with van der Waals surface area (Å²) in [7, 11) is 0. The van der Waals surface area contributed by atoms with E-state index in [2.05, 4.69) is 29.6 Å². The topological polar surface area (TPSA) is 55.1 Å². The highest BCUT2D eigenvalue weighted by atomic mass is 16.2. The molecular weight excluding hydrogens is 248 g/mol. The first-order valence-corrected chi connectivity index (χ1v) is 7.71. The van der Waals surface area contributed by atoms with Crippen molar-refractivity contribution >= 4 is 5.91 Å². The van der Waals surface area contributed by atoms with Gasteiger partial charge in [0.05, 0.1) is 5.41 Å². The van der Waals surface area contributed by atoms with Crippen molar-refractivity contribution in [3.8, 4) is 0 Å². The van der Waals surface area contributed by atoms with E-state index in [1.807, 2.05) is 19.9 Å². The lowest BCUT2D eigenvalue weighted by atomic mass is 9.74. The zero-order chi connectivity index (χ0) is 14.6. The highest BCUT2D eigenvalue weighted by Gasteiger charge is 2.38. The average molecular weight is 274 g/mol. The molecule has 0 radical (unpaired) electrons. The molecule has 0 aromatic heterocycles. The standard InChI is InChI=1S/C17H26N2O/c1-3-17(4-2,12-18)16(20)19-15-10-14(11-15)13-8-6-5-7-9-13/h5-9,14-15H,3-4,10-12,18H2,1-2H3,(H,19,20). The highest BCUT2D eigenvalue weighted by molar-refractivity contribution is 5.83. The molecule has 0 saturated heterocycles. The van der Waals surface area contributed by atoms with E-state index in [9.17, 15) is 4.79 Å². The molecule has 0 aliphatic heterocycles. The smallest absolute Gasteiger partial charge is 0.227 e. The number of nitrogens with one attached hydrogen (secondary N) is 1. The minimum atomic E-state index is -0.377. The molecule has 1 amide bonds. The van der Waals surface area contributed by atoms with Crippen LogP contribution in [0.4, 0.5) is 0 Å². The second-order valence-electron chi connectivity index (χ2n) is 5.94. The molecule has 0 heterocycles. The Labute approximate surface area is 121 Å². The molecule has 110 valence electrons. The van der Waals surface area contributed by atoms with E-state index < -0.39 is 0 Å². The average Bonchev–Trinajstić information content (AvgIpc) is 2.46. The molecule has 1 aliphatic carbocycles. The first-order chi connectivity index (χ1) is 9.65. The molecule has 0 bridgehead atoms. The molecule has 1 saturated carbocycles. The number of carbonyl (C=O) groups excluding carboxylic acids is 1. The van der Waals surface area contributed by atoms with E-state index in [-0.39, 0.29) is 11.3 Å². The van der Waals surface area contributed by atoms with Gasteiger partial charge in [0.25, 0.3) is 0 Å². The number of nitrogens with two attached hydrogens (primary N) is 1. The van der Waals surface area contributed by atoms with Crippen molar-refractivity contribution in [2.45, 2.75) is 51.5 Å². The van der Waals surface area contributed by atoms with Crippen LogP contribution in [0, 0.1) is 5.41 Å². The molecule has 0 spiro atoms. The fourth-order valence-electron chi connectivity index (χ4n) is 3.02. The van der Waals surface area contributed by atoms with Crippen LogP contribution in [0.2, 0.25) is 0 Å². The van der Waals surface area contributed by atoms with Gasteiger partial charge < -0.3 is 11.1 Å². The predicted octanol–water partition coefficient (Wildman–Crippen LogP) is 2.81. The molecule has 0 unspecified atom stereocenters. The summed E-state index contributed by atoms with van der Waals surface area (Å²) >= 11 is 0. The Morgan fingerprint density at radius 2 is 1.85 bits per heavy atom. The van der Waals surface area contributed by atoms with Crippen LogP contribution in [0.1, 0.15) is 51.0 Å². The van der Waals surface area contributed by atoms with E-state index in [1.165, 1.54) is 5.56 Å². The molecule has 1 aliphatic rings. The third kappa shape index (κ3) is 2.88. The van der Waals surface area contributed by atoms with Gasteiger partial charge in [-0.3, -0.25) is 4.79 Å². The fourth-order valence-corrected chi connectivity index (χ4v) is 3.02. The zero-order valence-corrected chi connectivity index (χ0v) is 12.6. The van der Waals surface area contributed by atoms with E-state index in [0.29, 0.717) is 18.5 Å². The maximum absolute atomic E-state index is 12.4. The Balaban J connectivity index is 1.87. The van der Waals surface area contributed by atoms with Crippen LogP contribution in [0.5, 0.6) is 0 Å². The SMILES string of the molecule is CCC(CC)(CN)C(=O)NC1CC(c2ccccc2)C1. The zero-order valence-electron chi connectivity index (χ0n) is 12.6. The third-order valence-corrected chi connectivity index (χ3v) is 4.97. The van der Waals surface area contributed by atoms with Crippen LogP contribution in [0.15, 0.2) is 30.3 Å². The lowest BCUT2D eigenvalue weighted by Crippen LogP contribution is -2.52. The molecule has 1 fully saturated rings. The van der Waals surface area contributed by atoms with Gasteiger partial charge in [0, 0.05) is 12.6 Å². The van der Waals surface area contributed by atoms with Crippen molar-refractivity contribution in [2.75, 3.05) is 6.54 Å². The molecule has 0 atom stereocenters. The summed E-state index contributed by atoms with van der Waals surface area (Å²) in [5.74, 6) is 0.735. The van der Waals surface area contributed by atoms with E-state index in [0.717, 1.165) is 25.7 Å². The minimum Gasteiger partial charge on any atom is -0.353 e. The number of hydrogen-bond donors (Lipinski definition) is 2. The minimum absolute atomic E-state index is 0.140. The van der Waals surface area contributed by atoms with Gasteiger partial charge in [-0.1, -0.05) is 44.2 Å².